The number of nitrogens with one attached hydrogen (secondary N) is 1. The number of ether oxygens (including phenoxy) is 2. The Morgan fingerprint density at radius 2 is 1.77 bits per heavy atom. The van der Waals surface area contributed by atoms with Crippen LogP contribution in [0.25, 0.3) is 11.6 Å². The fourth-order valence-electron chi connectivity index (χ4n) is 5.68. The van der Waals surface area contributed by atoms with Gasteiger partial charge < -0.3 is 18.8 Å². The Morgan fingerprint density at radius 1 is 1.04 bits per heavy atom. The maximum atomic E-state index is 15.1. The van der Waals surface area contributed by atoms with Gasteiger partial charge in [0.2, 0.25) is 5.60 Å². The number of aromatic nitrogens is 3. The number of anilines is 2. The third-order valence-corrected chi connectivity index (χ3v) is 7.85. The van der Waals surface area contributed by atoms with Crippen molar-refractivity contribution in [1.29, 1.82) is 0 Å². The number of benzene rings is 1. The number of alkyl halides is 6. The van der Waals surface area contributed by atoms with Gasteiger partial charge in [-0.3, -0.25) is 5.32 Å². The number of pyridine rings is 1. The summed E-state index contributed by atoms with van der Waals surface area (Å²) < 4.78 is 105. The largest absolute Gasteiger partial charge is 0.444 e. The Morgan fingerprint density at radius 3 is 2.45 bits per heavy atom. The molecule has 1 aromatic carbocycles. The van der Waals surface area contributed by atoms with Crippen LogP contribution in [0.1, 0.15) is 76.3 Å². The molecule has 1 saturated heterocycles. The second-order valence-electron chi connectivity index (χ2n) is 12.5. The van der Waals surface area contributed by atoms with Crippen LogP contribution in [-0.2, 0) is 27.9 Å². The summed E-state index contributed by atoms with van der Waals surface area (Å²) in [6.07, 6.45) is -6.40. The van der Waals surface area contributed by atoms with Crippen LogP contribution in [0.2, 0.25) is 0 Å². The minimum Gasteiger partial charge on any atom is -0.444 e. The third kappa shape index (κ3) is 7.71. The number of allylic oxidation sites excluding steroid dienone is 2. The van der Waals surface area contributed by atoms with Crippen LogP contribution in [0.4, 0.5) is 42.6 Å². The van der Waals surface area contributed by atoms with Gasteiger partial charge in [0.15, 0.2) is 5.69 Å². The number of nitrogens with zero attached hydrogens (tertiary/aromatic N) is 4. The first-order valence-electron chi connectivity index (χ1n) is 15.2. The molecule has 4 bridgehead atoms. The summed E-state index contributed by atoms with van der Waals surface area (Å²) in [5, 5.41) is 9.80. The first kappa shape index (κ1) is 34.2. The molecule has 47 heavy (non-hydrogen) atoms. The summed E-state index contributed by atoms with van der Waals surface area (Å²) in [4.78, 5) is 18.6. The molecule has 0 saturated carbocycles. The highest BCUT2D eigenvalue weighted by Gasteiger charge is 2.61. The van der Waals surface area contributed by atoms with Crippen molar-refractivity contribution in [2.75, 3.05) is 16.8 Å². The summed E-state index contributed by atoms with van der Waals surface area (Å²) in [6.45, 7) is 4.49. The molecule has 2 aromatic heterocycles. The molecule has 2 unspecified atom stereocenters. The number of hydrogen-bond donors (Lipinski definition) is 1. The van der Waals surface area contributed by atoms with E-state index < -0.39 is 77.2 Å². The minimum atomic E-state index is -5.05. The van der Waals surface area contributed by atoms with Gasteiger partial charge in [-0.1, -0.05) is 42.5 Å². The molecule has 15 heteroatoms. The first-order valence-corrected chi connectivity index (χ1v) is 15.2. The Hall–Kier alpha value is -4.14. The number of carbonyl (C=O) groups is 1. The number of amides is 1. The van der Waals surface area contributed by atoms with Crippen LogP contribution in [0.5, 0.6) is 0 Å². The van der Waals surface area contributed by atoms with Gasteiger partial charge in [-0.15, -0.1) is 10.2 Å². The lowest BCUT2D eigenvalue weighted by atomic mass is 9.95. The number of hydrogen-bond acceptors (Lipinski definition) is 8. The molecule has 0 radical (unpaired) electrons. The normalized spacial score (nSPS) is 21.4. The molecule has 9 nitrogen and oxygen atoms in total. The average molecular weight is 668 g/mol. The second kappa shape index (κ2) is 13.2. The summed E-state index contributed by atoms with van der Waals surface area (Å²) in [7, 11) is 0. The SMILES string of the molecule is CC(C)(C)OC(=O)Nc1cc(C(F)(F)F)c2nc1-c1nnc(o1)C(OCc1ccccc1)(C(F)(F)F)CC/C=C\CCC1CCCN21. The molecule has 0 aliphatic carbocycles. The Balaban J connectivity index is 1.69. The van der Waals surface area contributed by atoms with Gasteiger partial charge in [0.1, 0.15) is 17.0 Å². The van der Waals surface area contributed by atoms with Crippen LogP contribution < -0.4 is 10.2 Å². The quantitative estimate of drug-likeness (QED) is 0.218. The molecular formula is C32H35F6N5O4. The molecule has 3 aromatic rings. The van der Waals surface area contributed by atoms with Crippen LogP contribution in [0, 0.1) is 0 Å². The minimum absolute atomic E-state index is 0.0733. The van der Waals surface area contributed by atoms with E-state index >= 15 is 13.2 Å². The van der Waals surface area contributed by atoms with Crippen molar-refractivity contribution in [2.45, 2.75) is 95.5 Å². The van der Waals surface area contributed by atoms with Crippen molar-refractivity contribution in [3.63, 3.8) is 0 Å². The highest BCUT2D eigenvalue weighted by Crippen LogP contribution is 2.48. The molecular weight excluding hydrogens is 632 g/mol. The summed E-state index contributed by atoms with van der Waals surface area (Å²) >= 11 is 0. The summed E-state index contributed by atoms with van der Waals surface area (Å²) in [6, 6.07) is 8.57. The Labute approximate surface area is 267 Å². The predicted octanol–water partition coefficient (Wildman–Crippen LogP) is 8.57. The predicted molar refractivity (Wildman–Crippen MR) is 159 cm³/mol. The van der Waals surface area contributed by atoms with E-state index in [1.807, 2.05) is 0 Å². The first-order chi connectivity index (χ1) is 22.1. The lowest BCUT2D eigenvalue weighted by Crippen LogP contribution is -2.45. The monoisotopic (exact) mass is 667 g/mol. The highest BCUT2D eigenvalue weighted by atomic mass is 19.4. The van der Waals surface area contributed by atoms with Crippen LogP contribution in [0.3, 0.4) is 0 Å². The second-order valence-corrected chi connectivity index (χ2v) is 12.5. The topological polar surface area (TPSA) is 103 Å². The zero-order valence-electron chi connectivity index (χ0n) is 26.0. The van der Waals surface area contributed by atoms with E-state index in [0.29, 0.717) is 37.3 Å². The van der Waals surface area contributed by atoms with E-state index in [0.717, 1.165) is 0 Å². The van der Waals surface area contributed by atoms with Crippen molar-refractivity contribution in [3.05, 3.63) is 65.6 Å². The van der Waals surface area contributed by atoms with Crippen molar-refractivity contribution in [3.8, 4) is 11.6 Å². The molecule has 5 rings (SSSR count). The van der Waals surface area contributed by atoms with E-state index in [-0.39, 0.29) is 19.0 Å². The fourth-order valence-corrected chi connectivity index (χ4v) is 5.68. The van der Waals surface area contributed by atoms with Crippen molar-refractivity contribution in [2.24, 2.45) is 0 Å². The van der Waals surface area contributed by atoms with Gasteiger partial charge in [0, 0.05) is 12.6 Å². The van der Waals surface area contributed by atoms with E-state index in [1.165, 1.54) is 4.90 Å². The van der Waals surface area contributed by atoms with Gasteiger partial charge in [-0.2, -0.15) is 26.3 Å². The standard InChI is InChI=1S/C32H35F6N5O4/c1-29(2,3)47-28(44)39-23-18-22(31(33,34)35)25-40-24(23)26-41-42-27(46-26)30(32(36,37)38,45-19-20-12-7-6-8-13-20)16-10-5-4-9-14-21-15-11-17-43(21)25/h4-8,12-13,18,21H,9-11,14-17,19H2,1-3H3,(H,39,44)/b5-4-. The van der Waals surface area contributed by atoms with E-state index in [9.17, 15) is 18.0 Å². The van der Waals surface area contributed by atoms with Crippen LogP contribution in [0.15, 0.2) is 53.0 Å². The van der Waals surface area contributed by atoms with Gasteiger partial charge >= 0.3 is 18.4 Å². The van der Waals surface area contributed by atoms with E-state index in [2.05, 4.69) is 20.5 Å². The molecule has 2 aliphatic rings. The summed E-state index contributed by atoms with van der Waals surface area (Å²) in [5.74, 6) is -2.05. The Bertz CT molecular complexity index is 1590. The van der Waals surface area contributed by atoms with Crippen molar-refractivity contribution < 1.29 is 45.0 Å². The summed E-state index contributed by atoms with van der Waals surface area (Å²) in [5.41, 5.74) is -5.76. The molecule has 0 spiro atoms. The van der Waals surface area contributed by atoms with Gasteiger partial charge in [0.25, 0.3) is 11.8 Å². The number of carbonyl (C=O) groups excluding carboxylic acids is 1. The number of rotatable bonds is 4. The number of fused-ring (bicyclic) bond motifs is 7. The molecule has 254 valence electrons. The maximum absolute atomic E-state index is 15.1. The highest BCUT2D eigenvalue weighted by molar-refractivity contribution is 5.90. The van der Waals surface area contributed by atoms with E-state index in [4.69, 9.17) is 13.9 Å². The van der Waals surface area contributed by atoms with E-state index in [1.54, 1.807) is 63.3 Å². The smallest absolute Gasteiger partial charge is 0.426 e. The van der Waals surface area contributed by atoms with Gasteiger partial charge in [0.05, 0.1) is 12.3 Å². The molecule has 1 fully saturated rings. The lowest BCUT2D eigenvalue weighted by Gasteiger charge is -2.32. The van der Waals surface area contributed by atoms with Crippen molar-refractivity contribution >= 4 is 17.6 Å². The average Bonchev–Trinajstić information content (AvgIpc) is 3.65. The fraction of sp³-hybridized carbons (Fsp3) is 0.500. The Kier molecular flexibility index (Phi) is 9.58. The van der Waals surface area contributed by atoms with Crippen LogP contribution >= 0.6 is 0 Å². The zero-order chi connectivity index (χ0) is 34.0. The molecule has 4 heterocycles. The lowest BCUT2D eigenvalue weighted by molar-refractivity contribution is -0.299. The third-order valence-electron chi connectivity index (χ3n) is 7.85. The maximum Gasteiger partial charge on any atom is 0.426 e. The zero-order valence-corrected chi connectivity index (χ0v) is 26.0. The van der Waals surface area contributed by atoms with Gasteiger partial charge in [-0.05, 0) is 70.9 Å². The van der Waals surface area contributed by atoms with Crippen molar-refractivity contribution in [1.82, 2.24) is 15.2 Å². The van der Waals surface area contributed by atoms with Crippen LogP contribution in [-0.4, -0.2) is 45.6 Å². The van der Waals surface area contributed by atoms with Gasteiger partial charge in [-0.25, -0.2) is 9.78 Å². The molecule has 2 aliphatic heterocycles. The number of halogens is 6. The molecule has 1 N–H and O–H groups in total. The molecule has 1 amide bonds. The molecule has 2 atom stereocenters.